The topological polar surface area (TPSA) is 128 Å². The van der Waals surface area contributed by atoms with Gasteiger partial charge in [-0.15, -0.1) is 5.10 Å². The molecule has 4 aromatic rings. The van der Waals surface area contributed by atoms with Crippen molar-refractivity contribution in [1.29, 1.82) is 0 Å². The molecule has 0 aliphatic rings. The van der Waals surface area contributed by atoms with E-state index in [0.29, 0.717) is 27.5 Å². The summed E-state index contributed by atoms with van der Waals surface area (Å²) in [6.45, 7) is 0. The lowest BCUT2D eigenvalue weighted by molar-refractivity contribution is -0.123. The fourth-order valence-electron chi connectivity index (χ4n) is 3.62. The molecule has 1 heterocycles. The monoisotopic (exact) mass is 530 g/mol. The predicted octanol–water partition coefficient (Wildman–Crippen LogP) is 3.48. The third kappa shape index (κ3) is 6.89. The number of nitrogens with one attached hydrogen (secondary N) is 2. The lowest BCUT2D eigenvalue weighted by Crippen LogP contribution is -2.44. The summed E-state index contributed by atoms with van der Waals surface area (Å²) in [4.78, 5) is 37.7. The third-order valence-electron chi connectivity index (χ3n) is 5.49. The lowest BCUT2D eigenvalue weighted by atomic mass is 10.0. The highest BCUT2D eigenvalue weighted by Crippen LogP contribution is 2.20. The highest BCUT2D eigenvalue weighted by atomic mass is 35.5. The molecule has 11 heteroatoms. The van der Waals surface area contributed by atoms with E-state index in [1.165, 1.54) is 24.2 Å². The molecular weight excluding hydrogens is 508 g/mol. The number of aromatic nitrogens is 4. The Morgan fingerprint density at radius 3 is 2.50 bits per heavy atom. The van der Waals surface area contributed by atoms with Crippen molar-refractivity contribution in [2.24, 2.45) is 0 Å². The molecular formula is C27H23ClN6O4. The van der Waals surface area contributed by atoms with E-state index in [1.807, 2.05) is 30.3 Å². The minimum atomic E-state index is -0.881. The highest BCUT2D eigenvalue weighted by Gasteiger charge is 2.21. The van der Waals surface area contributed by atoms with Gasteiger partial charge in [-0.25, -0.2) is 4.79 Å². The molecule has 4 rings (SSSR count). The van der Waals surface area contributed by atoms with Crippen molar-refractivity contribution < 1.29 is 19.1 Å². The lowest BCUT2D eigenvalue weighted by Gasteiger charge is -2.18. The summed E-state index contributed by atoms with van der Waals surface area (Å²) in [6, 6.07) is 19.8. The SMILES string of the molecule is COC(=O)c1ccc(NC(=O)C(Cc2ccccc2)NC(=O)C=Cc2cc(Cl)ccc2-n2cnnn2)cc1. The Balaban J connectivity index is 1.51. The van der Waals surface area contributed by atoms with Gasteiger partial charge >= 0.3 is 5.97 Å². The fraction of sp³-hybridized carbons (Fsp3) is 0.111. The zero-order chi connectivity index (χ0) is 26.9. The van der Waals surface area contributed by atoms with Crippen LogP contribution in [0.1, 0.15) is 21.5 Å². The van der Waals surface area contributed by atoms with E-state index >= 15 is 0 Å². The zero-order valence-corrected chi connectivity index (χ0v) is 21.0. The van der Waals surface area contributed by atoms with Gasteiger partial charge in [-0.1, -0.05) is 41.9 Å². The Bertz CT molecular complexity index is 1440. The summed E-state index contributed by atoms with van der Waals surface area (Å²) in [6.07, 6.45) is 4.58. The standard InChI is InChI=1S/C27H23ClN6O4/c1-38-27(37)19-7-11-22(12-8-19)30-26(36)23(15-18-5-3-2-4-6-18)31-25(35)14-9-20-16-21(28)10-13-24(20)34-17-29-32-33-34/h2-14,16-17,23H,15H2,1H3,(H,30,36)(H,31,35). The van der Waals surface area contributed by atoms with Gasteiger partial charge in [0.25, 0.3) is 0 Å². The minimum Gasteiger partial charge on any atom is -0.465 e. The first kappa shape index (κ1) is 26.2. The summed E-state index contributed by atoms with van der Waals surface area (Å²) in [5.74, 6) is -1.38. The maximum atomic E-state index is 13.2. The van der Waals surface area contributed by atoms with Crippen LogP contribution in [0.2, 0.25) is 5.02 Å². The van der Waals surface area contributed by atoms with Gasteiger partial charge in [-0.3, -0.25) is 9.59 Å². The molecule has 0 bridgehead atoms. The van der Waals surface area contributed by atoms with Gasteiger partial charge in [-0.2, -0.15) is 4.68 Å². The van der Waals surface area contributed by atoms with E-state index in [1.54, 1.807) is 48.5 Å². The summed E-state index contributed by atoms with van der Waals surface area (Å²) >= 11 is 6.15. The van der Waals surface area contributed by atoms with E-state index in [0.717, 1.165) is 5.56 Å². The number of esters is 1. The minimum absolute atomic E-state index is 0.263. The number of hydrogen-bond donors (Lipinski definition) is 2. The first-order chi connectivity index (χ1) is 18.4. The molecule has 192 valence electrons. The van der Waals surface area contributed by atoms with Gasteiger partial charge in [0.2, 0.25) is 11.8 Å². The summed E-state index contributed by atoms with van der Waals surface area (Å²) in [7, 11) is 1.29. The van der Waals surface area contributed by atoms with Crippen molar-refractivity contribution in [3.63, 3.8) is 0 Å². The molecule has 2 N–H and O–H groups in total. The van der Waals surface area contributed by atoms with Crippen molar-refractivity contribution >= 4 is 41.1 Å². The number of benzene rings is 3. The zero-order valence-electron chi connectivity index (χ0n) is 20.2. The average molecular weight is 531 g/mol. The van der Waals surface area contributed by atoms with Crippen LogP contribution in [0.25, 0.3) is 11.8 Å². The molecule has 0 radical (unpaired) electrons. The molecule has 2 amide bonds. The average Bonchev–Trinajstić information content (AvgIpc) is 3.47. The molecule has 0 aliphatic carbocycles. The molecule has 10 nitrogen and oxygen atoms in total. The van der Waals surface area contributed by atoms with Crippen LogP contribution in [0.4, 0.5) is 5.69 Å². The number of nitrogens with zero attached hydrogens (tertiary/aromatic N) is 4. The molecule has 0 spiro atoms. The van der Waals surface area contributed by atoms with E-state index in [9.17, 15) is 14.4 Å². The number of anilines is 1. The van der Waals surface area contributed by atoms with Crippen LogP contribution in [0.3, 0.4) is 0 Å². The molecule has 0 aliphatic heterocycles. The Labute approximate surface area is 223 Å². The van der Waals surface area contributed by atoms with Crippen LogP contribution < -0.4 is 10.6 Å². The second-order valence-corrected chi connectivity index (χ2v) is 8.54. The van der Waals surface area contributed by atoms with Gasteiger partial charge in [0.05, 0.1) is 18.4 Å². The fourth-order valence-corrected chi connectivity index (χ4v) is 3.80. The predicted molar refractivity (Wildman–Crippen MR) is 142 cm³/mol. The van der Waals surface area contributed by atoms with E-state index in [4.69, 9.17) is 16.3 Å². The van der Waals surface area contributed by atoms with Crippen molar-refractivity contribution in [3.8, 4) is 5.69 Å². The molecule has 1 atom stereocenters. The smallest absolute Gasteiger partial charge is 0.337 e. The number of methoxy groups -OCH3 is 1. The first-order valence-corrected chi connectivity index (χ1v) is 11.9. The van der Waals surface area contributed by atoms with Crippen LogP contribution in [-0.4, -0.2) is 51.1 Å². The molecule has 0 fully saturated rings. The van der Waals surface area contributed by atoms with Crippen molar-refractivity contribution in [2.45, 2.75) is 12.5 Å². The maximum Gasteiger partial charge on any atom is 0.337 e. The number of tetrazole rings is 1. The van der Waals surface area contributed by atoms with Gasteiger partial charge in [0.1, 0.15) is 12.4 Å². The number of halogens is 1. The molecule has 38 heavy (non-hydrogen) atoms. The Kier molecular flexibility index (Phi) is 8.57. The maximum absolute atomic E-state index is 13.2. The number of hydrogen-bond acceptors (Lipinski definition) is 7. The number of amides is 2. The van der Waals surface area contributed by atoms with Crippen LogP contribution in [-0.2, 0) is 20.7 Å². The largest absolute Gasteiger partial charge is 0.465 e. The van der Waals surface area contributed by atoms with E-state index in [-0.39, 0.29) is 6.42 Å². The van der Waals surface area contributed by atoms with Gasteiger partial charge in [0.15, 0.2) is 0 Å². The Morgan fingerprint density at radius 1 is 1.05 bits per heavy atom. The van der Waals surface area contributed by atoms with Crippen molar-refractivity contribution in [3.05, 3.63) is 107 Å². The van der Waals surface area contributed by atoms with Crippen LogP contribution in [0.15, 0.2) is 85.2 Å². The second-order valence-electron chi connectivity index (χ2n) is 8.10. The quantitative estimate of drug-likeness (QED) is 0.250. The highest BCUT2D eigenvalue weighted by molar-refractivity contribution is 6.30. The van der Waals surface area contributed by atoms with Gasteiger partial charge in [-0.05, 0) is 64.5 Å². The van der Waals surface area contributed by atoms with E-state index in [2.05, 4.69) is 26.2 Å². The van der Waals surface area contributed by atoms with E-state index < -0.39 is 23.8 Å². The Hall–Kier alpha value is -4.83. The number of ether oxygens (including phenoxy) is 1. The van der Waals surface area contributed by atoms with Crippen LogP contribution in [0.5, 0.6) is 0 Å². The molecule has 1 aromatic heterocycles. The molecule has 3 aromatic carbocycles. The second kappa shape index (κ2) is 12.4. The van der Waals surface area contributed by atoms with Crippen molar-refractivity contribution in [2.75, 3.05) is 12.4 Å². The van der Waals surface area contributed by atoms with Crippen LogP contribution in [0, 0.1) is 0 Å². The number of carbonyl (C=O) groups is 3. The van der Waals surface area contributed by atoms with Gasteiger partial charge in [0, 0.05) is 28.8 Å². The van der Waals surface area contributed by atoms with Gasteiger partial charge < -0.3 is 15.4 Å². The molecule has 0 saturated heterocycles. The Morgan fingerprint density at radius 2 is 1.82 bits per heavy atom. The van der Waals surface area contributed by atoms with Crippen molar-refractivity contribution in [1.82, 2.24) is 25.5 Å². The summed E-state index contributed by atoms with van der Waals surface area (Å²) in [5.41, 5.74) is 2.92. The normalized spacial score (nSPS) is 11.6. The first-order valence-electron chi connectivity index (χ1n) is 11.5. The molecule has 0 saturated carbocycles. The molecule has 1 unspecified atom stereocenters. The van der Waals surface area contributed by atoms with Crippen LogP contribution >= 0.6 is 11.6 Å². The number of carbonyl (C=O) groups excluding carboxylic acids is 3. The third-order valence-corrected chi connectivity index (χ3v) is 5.72. The summed E-state index contributed by atoms with van der Waals surface area (Å²) < 4.78 is 6.15. The number of rotatable bonds is 9. The summed E-state index contributed by atoms with van der Waals surface area (Å²) in [5, 5.41) is 17.2.